The summed E-state index contributed by atoms with van der Waals surface area (Å²) in [5.74, 6) is -8.58. The van der Waals surface area contributed by atoms with Gasteiger partial charge in [0.05, 0.1) is 11.1 Å². The molecule has 4 aromatic rings. The number of amides is 1. The van der Waals surface area contributed by atoms with E-state index in [1.807, 2.05) is 42.7 Å². The molecule has 30 heavy (non-hydrogen) atoms. The van der Waals surface area contributed by atoms with E-state index in [2.05, 4.69) is 15.5 Å². The fourth-order valence-corrected chi connectivity index (χ4v) is 3.70. The lowest BCUT2D eigenvalue weighted by atomic mass is 10.0. The highest BCUT2D eigenvalue weighted by Gasteiger charge is 2.24. The van der Waals surface area contributed by atoms with Gasteiger partial charge in [0.2, 0.25) is 0 Å². The van der Waals surface area contributed by atoms with E-state index in [0.29, 0.717) is 17.0 Å². The quantitative estimate of drug-likeness (QED) is 0.187. The summed E-state index contributed by atoms with van der Waals surface area (Å²) in [6.07, 6.45) is 1.97. The first-order chi connectivity index (χ1) is 14.4. The number of halogens is 4. The third-order valence-corrected chi connectivity index (χ3v) is 5.36. The lowest BCUT2D eigenvalue weighted by Gasteiger charge is -2.08. The van der Waals surface area contributed by atoms with Gasteiger partial charge in [-0.25, -0.2) is 17.6 Å². The fourth-order valence-electron chi connectivity index (χ4n) is 3.08. The molecule has 0 aliphatic heterocycles. The molecule has 0 saturated carbocycles. The molecule has 0 spiro atoms. The van der Waals surface area contributed by atoms with E-state index < -0.39 is 34.7 Å². The largest absolute Gasteiger partial charge is 0.304 e. The molecular weight excluding hydrogens is 418 g/mol. The average molecular weight is 431 g/mol. The predicted octanol–water partition coefficient (Wildman–Crippen LogP) is 5.76. The number of aromatic amines is 1. The Bertz CT molecular complexity index is 1290. The maximum absolute atomic E-state index is 13.9. The summed E-state index contributed by atoms with van der Waals surface area (Å²) in [4.78, 5) is 13.4. The summed E-state index contributed by atoms with van der Waals surface area (Å²) in [5.41, 5.74) is 1.57. The Balaban J connectivity index is 1.68. The Labute approximate surface area is 172 Å². The highest BCUT2D eigenvalue weighted by atomic mass is 32.2. The van der Waals surface area contributed by atoms with Gasteiger partial charge in [0, 0.05) is 10.3 Å². The molecular formula is C21H13F4N3OS. The maximum Gasteiger partial charge on any atom is 0.260 e. The molecule has 4 nitrogen and oxygen atoms in total. The van der Waals surface area contributed by atoms with Crippen LogP contribution in [0.4, 0.5) is 23.4 Å². The number of nitrogens with zero attached hydrogens (tertiary/aromatic N) is 1. The number of hydrogen-bond donors (Lipinski definition) is 2. The van der Waals surface area contributed by atoms with Crippen molar-refractivity contribution in [1.82, 2.24) is 10.2 Å². The summed E-state index contributed by atoms with van der Waals surface area (Å²) in [6.45, 7) is 0. The van der Waals surface area contributed by atoms with Crippen molar-refractivity contribution in [1.29, 1.82) is 0 Å². The Morgan fingerprint density at radius 3 is 2.53 bits per heavy atom. The van der Waals surface area contributed by atoms with Gasteiger partial charge in [-0.2, -0.15) is 5.10 Å². The molecule has 0 saturated heterocycles. The van der Waals surface area contributed by atoms with Crippen molar-refractivity contribution in [2.45, 2.75) is 4.90 Å². The number of hydrogen-bond acceptors (Lipinski definition) is 3. The zero-order chi connectivity index (χ0) is 21.4. The van der Waals surface area contributed by atoms with E-state index in [9.17, 15) is 22.4 Å². The molecule has 0 aliphatic rings. The van der Waals surface area contributed by atoms with Crippen LogP contribution in [0.2, 0.25) is 0 Å². The Kier molecular flexibility index (Phi) is 5.21. The molecule has 1 heterocycles. The third kappa shape index (κ3) is 3.41. The second-order valence-corrected chi connectivity index (χ2v) is 7.18. The zero-order valence-corrected chi connectivity index (χ0v) is 16.2. The molecule has 1 amide bonds. The molecule has 0 unspecified atom stereocenters. The number of nitrogens with one attached hydrogen (secondary N) is 2. The topological polar surface area (TPSA) is 57.8 Å². The van der Waals surface area contributed by atoms with Crippen LogP contribution < -0.4 is 5.32 Å². The van der Waals surface area contributed by atoms with Crippen molar-refractivity contribution in [3.05, 3.63) is 77.4 Å². The molecule has 152 valence electrons. The Morgan fingerprint density at radius 1 is 1.00 bits per heavy atom. The molecule has 0 radical (unpaired) electrons. The number of thioether (sulfide) groups is 1. The second-order valence-electron chi connectivity index (χ2n) is 6.33. The Hall–Kier alpha value is -3.33. The van der Waals surface area contributed by atoms with Crippen LogP contribution in [0.15, 0.2) is 53.4 Å². The standard InChI is InChI=1S/C21H13F4N3OS/c1-30-16-5-3-2-4-11(16)10-6-7-12-15(8-10)27-28-20(12)26-21(29)13-9-14(22)18(24)19(25)17(13)23/h2-9H,1H3,(H2,26,27,28,29). The summed E-state index contributed by atoms with van der Waals surface area (Å²) in [5, 5.41) is 9.56. The lowest BCUT2D eigenvalue weighted by molar-refractivity contribution is 0.102. The number of rotatable bonds is 4. The summed E-state index contributed by atoms with van der Waals surface area (Å²) < 4.78 is 53.8. The molecule has 0 bridgehead atoms. The minimum Gasteiger partial charge on any atom is -0.304 e. The third-order valence-electron chi connectivity index (χ3n) is 4.56. The van der Waals surface area contributed by atoms with Crippen LogP contribution >= 0.6 is 11.8 Å². The lowest BCUT2D eigenvalue weighted by Crippen LogP contribution is -2.16. The number of carbonyl (C=O) groups excluding carboxylic acids is 1. The SMILES string of the molecule is CSc1ccccc1-c1ccc2c(NC(=O)c3cc(F)c(F)c(F)c3F)n[nH]c2c1. The molecule has 0 fully saturated rings. The van der Waals surface area contributed by atoms with E-state index >= 15 is 0 Å². The van der Waals surface area contributed by atoms with E-state index in [4.69, 9.17) is 0 Å². The summed E-state index contributed by atoms with van der Waals surface area (Å²) >= 11 is 1.61. The molecule has 0 aliphatic carbocycles. The summed E-state index contributed by atoms with van der Waals surface area (Å²) in [6, 6.07) is 13.5. The van der Waals surface area contributed by atoms with Crippen molar-refractivity contribution in [2.75, 3.05) is 11.6 Å². The smallest absolute Gasteiger partial charge is 0.260 e. The monoisotopic (exact) mass is 431 g/mol. The van der Waals surface area contributed by atoms with Crippen LogP contribution in [-0.2, 0) is 0 Å². The van der Waals surface area contributed by atoms with Crippen molar-refractivity contribution < 1.29 is 22.4 Å². The summed E-state index contributed by atoms with van der Waals surface area (Å²) in [7, 11) is 0. The molecule has 1 aromatic heterocycles. The van der Waals surface area contributed by atoms with Gasteiger partial charge in [0.25, 0.3) is 5.91 Å². The average Bonchev–Trinajstić information content (AvgIpc) is 3.16. The van der Waals surface area contributed by atoms with E-state index in [1.165, 1.54) is 0 Å². The zero-order valence-electron chi connectivity index (χ0n) is 15.4. The van der Waals surface area contributed by atoms with Crippen molar-refractivity contribution >= 4 is 34.4 Å². The first-order valence-corrected chi connectivity index (χ1v) is 9.89. The number of carbonyl (C=O) groups is 1. The highest BCUT2D eigenvalue weighted by molar-refractivity contribution is 7.98. The van der Waals surface area contributed by atoms with Gasteiger partial charge < -0.3 is 5.32 Å². The highest BCUT2D eigenvalue weighted by Crippen LogP contribution is 2.33. The minimum absolute atomic E-state index is 0.0456. The predicted molar refractivity (Wildman–Crippen MR) is 108 cm³/mol. The van der Waals surface area contributed by atoms with Gasteiger partial charge in [-0.15, -0.1) is 11.8 Å². The number of fused-ring (bicyclic) bond motifs is 1. The van der Waals surface area contributed by atoms with Gasteiger partial charge >= 0.3 is 0 Å². The first kappa shape index (κ1) is 20.0. The van der Waals surface area contributed by atoms with E-state index in [1.54, 1.807) is 17.8 Å². The number of anilines is 1. The van der Waals surface area contributed by atoms with Crippen molar-refractivity contribution in [3.8, 4) is 11.1 Å². The van der Waals surface area contributed by atoms with Gasteiger partial charge in [0.15, 0.2) is 29.1 Å². The van der Waals surface area contributed by atoms with Crippen LogP contribution in [0.5, 0.6) is 0 Å². The van der Waals surface area contributed by atoms with Gasteiger partial charge in [-0.05, 0) is 41.6 Å². The van der Waals surface area contributed by atoms with Crippen molar-refractivity contribution in [2.24, 2.45) is 0 Å². The van der Waals surface area contributed by atoms with Crippen LogP contribution in [-0.4, -0.2) is 22.4 Å². The van der Waals surface area contributed by atoms with E-state index in [-0.39, 0.29) is 5.82 Å². The number of benzene rings is 3. The Morgan fingerprint density at radius 2 is 1.77 bits per heavy atom. The molecule has 2 N–H and O–H groups in total. The van der Waals surface area contributed by atoms with Crippen LogP contribution in [0.1, 0.15) is 10.4 Å². The van der Waals surface area contributed by atoms with Crippen LogP contribution in [0.3, 0.4) is 0 Å². The van der Waals surface area contributed by atoms with Gasteiger partial charge in [0.1, 0.15) is 0 Å². The fraction of sp³-hybridized carbons (Fsp3) is 0.0476. The molecule has 0 atom stereocenters. The second kappa shape index (κ2) is 7.83. The van der Waals surface area contributed by atoms with Gasteiger partial charge in [-0.1, -0.05) is 24.3 Å². The van der Waals surface area contributed by atoms with Crippen LogP contribution in [0.25, 0.3) is 22.0 Å². The minimum atomic E-state index is -2.05. The normalized spacial score (nSPS) is 11.1. The van der Waals surface area contributed by atoms with E-state index in [0.717, 1.165) is 16.0 Å². The molecule has 4 rings (SSSR count). The number of aromatic nitrogens is 2. The number of H-pyrrole nitrogens is 1. The van der Waals surface area contributed by atoms with Gasteiger partial charge in [-0.3, -0.25) is 9.89 Å². The van der Waals surface area contributed by atoms with Crippen molar-refractivity contribution in [3.63, 3.8) is 0 Å². The first-order valence-electron chi connectivity index (χ1n) is 8.66. The molecule has 3 aromatic carbocycles. The maximum atomic E-state index is 13.9. The van der Waals surface area contributed by atoms with Crippen LogP contribution in [0, 0.1) is 23.3 Å². The molecule has 9 heteroatoms.